The number of halogens is 1. The van der Waals surface area contributed by atoms with Crippen molar-refractivity contribution in [1.29, 1.82) is 0 Å². The zero-order valence-electron chi connectivity index (χ0n) is 9.87. The van der Waals surface area contributed by atoms with Crippen LogP contribution in [-0.4, -0.2) is 32.0 Å². The Morgan fingerprint density at radius 2 is 2.26 bits per heavy atom. The number of phenolic OH excluding ortho intramolecular Hbond substituents is 1. The second-order valence-electron chi connectivity index (χ2n) is 3.82. The van der Waals surface area contributed by atoms with E-state index in [-0.39, 0.29) is 5.75 Å². The van der Waals surface area contributed by atoms with Gasteiger partial charge in [-0.1, -0.05) is 22.9 Å². The molecule has 98 valence electrons. The SMILES string of the molecule is COCc1nnc2sc(-c3ccc(O)c(Cl)c3)nn12. The second-order valence-corrected chi connectivity index (χ2v) is 5.18. The Bertz CT molecular complexity index is 739. The molecule has 0 aliphatic rings. The standard InChI is InChI=1S/C11H9ClN4O2S/c1-18-5-9-13-14-11-16(9)15-10(19-11)6-2-3-8(17)7(12)4-6/h2-4,17H,5H2,1H3. The van der Waals surface area contributed by atoms with E-state index >= 15 is 0 Å². The number of aromatic nitrogens is 4. The van der Waals surface area contributed by atoms with Crippen molar-refractivity contribution < 1.29 is 9.84 Å². The molecule has 0 radical (unpaired) electrons. The molecular weight excluding hydrogens is 288 g/mol. The normalized spacial score (nSPS) is 11.3. The molecule has 19 heavy (non-hydrogen) atoms. The zero-order chi connectivity index (χ0) is 13.4. The Labute approximate surface area is 117 Å². The summed E-state index contributed by atoms with van der Waals surface area (Å²) in [6.07, 6.45) is 0. The zero-order valence-corrected chi connectivity index (χ0v) is 11.4. The van der Waals surface area contributed by atoms with Crippen molar-refractivity contribution in [1.82, 2.24) is 19.8 Å². The Balaban J connectivity index is 2.07. The molecule has 2 aromatic heterocycles. The van der Waals surface area contributed by atoms with E-state index in [1.807, 2.05) is 0 Å². The van der Waals surface area contributed by atoms with Gasteiger partial charge in [-0.05, 0) is 18.2 Å². The van der Waals surface area contributed by atoms with Crippen molar-refractivity contribution in [2.45, 2.75) is 6.61 Å². The van der Waals surface area contributed by atoms with Gasteiger partial charge < -0.3 is 9.84 Å². The summed E-state index contributed by atoms with van der Waals surface area (Å²) in [5, 5.41) is 22.9. The molecule has 6 nitrogen and oxygen atoms in total. The summed E-state index contributed by atoms with van der Waals surface area (Å²) in [7, 11) is 1.59. The molecule has 0 saturated carbocycles. The van der Waals surface area contributed by atoms with Crippen LogP contribution in [0.2, 0.25) is 5.02 Å². The summed E-state index contributed by atoms with van der Waals surface area (Å²) in [6.45, 7) is 0.348. The minimum atomic E-state index is 0.0495. The lowest BCUT2D eigenvalue weighted by molar-refractivity contribution is 0.176. The van der Waals surface area contributed by atoms with Gasteiger partial charge in [-0.15, -0.1) is 10.2 Å². The highest BCUT2D eigenvalue weighted by Crippen LogP contribution is 2.31. The van der Waals surface area contributed by atoms with E-state index < -0.39 is 0 Å². The van der Waals surface area contributed by atoms with E-state index in [4.69, 9.17) is 16.3 Å². The smallest absolute Gasteiger partial charge is 0.235 e. The fourth-order valence-corrected chi connectivity index (χ4v) is 2.67. The molecule has 1 N–H and O–H groups in total. The molecule has 3 rings (SSSR count). The van der Waals surface area contributed by atoms with Crippen molar-refractivity contribution in [3.63, 3.8) is 0 Å². The molecule has 0 atom stereocenters. The lowest BCUT2D eigenvalue weighted by Gasteiger charge is -1.99. The highest BCUT2D eigenvalue weighted by Gasteiger charge is 2.13. The first-order chi connectivity index (χ1) is 9.19. The molecular formula is C11H9ClN4O2S. The number of ether oxygens (including phenoxy) is 1. The summed E-state index contributed by atoms with van der Waals surface area (Å²) in [5.41, 5.74) is 0.821. The Morgan fingerprint density at radius 3 is 3.00 bits per heavy atom. The van der Waals surface area contributed by atoms with Gasteiger partial charge in [-0.2, -0.15) is 9.61 Å². The van der Waals surface area contributed by atoms with E-state index in [0.29, 0.717) is 22.4 Å². The van der Waals surface area contributed by atoms with E-state index in [2.05, 4.69) is 15.3 Å². The number of nitrogens with zero attached hydrogens (tertiary/aromatic N) is 4. The van der Waals surface area contributed by atoms with Crippen LogP contribution in [0.5, 0.6) is 5.75 Å². The van der Waals surface area contributed by atoms with Crippen LogP contribution in [0.1, 0.15) is 5.82 Å². The average molecular weight is 297 g/mol. The second kappa shape index (κ2) is 4.76. The number of phenols is 1. The van der Waals surface area contributed by atoms with Gasteiger partial charge in [0.25, 0.3) is 0 Å². The third-order valence-electron chi connectivity index (χ3n) is 2.52. The molecule has 0 saturated heterocycles. The lowest BCUT2D eigenvalue weighted by atomic mass is 10.2. The third-order valence-corrected chi connectivity index (χ3v) is 3.77. The summed E-state index contributed by atoms with van der Waals surface area (Å²) < 4.78 is 6.67. The molecule has 0 amide bonds. The van der Waals surface area contributed by atoms with Gasteiger partial charge in [0.15, 0.2) is 5.82 Å². The van der Waals surface area contributed by atoms with Crippen LogP contribution in [0, 0.1) is 0 Å². The van der Waals surface area contributed by atoms with E-state index in [0.717, 1.165) is 10.6 Å². The van der Waals surface area contributed by atoms with Crippen LogP contribution in [0.4, 0.5) is 0 Å². The van der Waals surface area contributed by atoms with Crippen LogP contribution in [0.25, 0.3) is 15.5 Å². The molecule has 0 spiro atoms. The fraction of sp³-hybridized carbons (Fsp3) is 0.182. The predicted octanol–water partition coefficient (Wildman–Crippen LogP) is 2.36. The van der Waals surface area contributed by atoms with Gasteiger partial charge in [0.2, 0.25) is 4.96 Å². The first kappa shape index (κ1) is 12.3. The molecule has 1 aromatic carbocycles. The topological polar surface area (TPSA) is 72.5 Å². The molecule has 0 aliphatic carbocycles. The minimum Gasteiger partial charge on any atom is -0.506 e. The molecule has 0 fully saturated rings. The van der Waals surface area contributed by atoms with Crippen molar-refractivity contribution in [2.24, 2.45) is 0 Å². The highest BCUT2D eigenvalue weighted by molar-refractivity contribution is 7.19. The molecule has 3 aromatic rings. The van der Waals surface area contributed by atoms with Crippen LogP contribution < -0.4 is 0 Å². The van der Waals surface area contributed by atoms with Gasteiger partial charge >= 0.3 is 0 Å². The summed E-state index contributed by atoms with van der Waals surface area (Å²) in [6, 6.07) is 4.96. The van der Waals surface area contributed by atoms with Crippen molar-refractivity contribution >= 4 is 27.9 Å². The van der Waals surface area contributed by atoms with Crippen molar-refractivity contribution in [3.05, 3.63) is 29.0 Å². The van der Waals surface area contributed by atoms with Crippen LogP contribution >= 0.6 is 22.9 Å². The number of methoxy groups -OCH3 is 1. The van der Waals surface area contributed by atoms with Gasteiger partial charge in [-0.25, -0.2) is 0 Å². The Hall–Kier alpha value is -1.70. The minimum absolute atomic E-state index is 0.0495. The Morgan fingerprint density at radius 1 is 1.42 bits per heavy atom. The van der Waals surface area contributed by atoms with Crippen LogP contribution in [0.3, 0.4) is 0 Å². The number of hydrogen-bond acceptors (Lipinski definition) is 6. The first-order valence-electron chi connectivity index (χ1n) is 5.38. The first-order valence-corrected chi connectivity index (χ1v) is 6.57. The monoisotopic (exact) mass is 296 g/mol. The third kappa shape index (κ3) is 2.16. The average Bonchev–Trinajstić information content (AvgIpc) is 2.95. The quantitative estimate of drug-likeness (QED) is 0.803. The van der Waals surface area contributed by atoms with Gasteiger partial charge in [0.1, 0.15) is 17.4 Å². The number of benzene rings is 1. The van der Waals surface area contributed by atoms with Crippen molar-refractivity contribution in [2.75, 3.05) is 7.11 Å². The van der Waals surface area contributed by atoms with Gasteiger partial charge in [0, 0.05) is 12.7 Å². The molecule has 0 aliphatic heterocycles. The number of hydrogen-bond donors (Lipinski definition) is 1. The fourth-order valence-electron chi connectivity index (χ4n) is 1.63. The van der Waals surface area contributed by atoms with Gasteiger partial charge in [0.05, 0.1) is 5.02 Å². The molecule has 0 bridgehead atoms. The number of fused-ring (bicyclic) bond motifs is 1. The largest absolute Gasteiger partial charge is 0.506 e. The van der Waals surface area contributed by atoms with E-state index in [1.54, 1.807) is 23.8 Å². The van der Waals surface area contributed by atoms with Crippen LogP contribution in [-0.2, 0) is 11.3 Å². The van der Waals surface area contributed by atoms with E-state index in [1.165, 1.54) is 17.4 Å². The number of rotatable bonds is 3. The summed E-state index contributed by atoms with van der Waals surface area (Å²) >= 11 is 7.28. The molecule has 0 unspecified atom stereocenters. The number of aromatic hydroxyl groups is 1. The predicted molar refractivity (Wildman–Crippen MR) is 71.5 cm³/mol. The maximum Gasteiger partial charge on any atom is 0.235 e. The van der Waals surface area contributed by atoms with Crippen LogP contribution in [0.15, 0.2) is 18.2 Å². The van der Waals surface area contributed by atoms with Gasteiger partial charge in [-0.3, -0.25) is 0 Å². The van der Waals surface area contributed by atoms with Crippen molar-refractivity contribution in [3.8, 4) is 16.3 Å². The maximum atomic E-state index is 9.41. The Kier molecular flexibility index (Phi) is 3.09. The lowest BCUT2D eigenvalue weighted by Crippen LogP contribution is -1.97. The molecule has 2 heterocycles. The molecule has 8 heteroatoms. The summed E-state index contributed by atoms with van der Waals surface area (Å²) in [4.78, 5) is 0.686. The van der Waals surface area contributed by atoms with E-state index in [9.17, 15) is 5.11 Å². The highest BCUT2D eigenvalue weighted by atomic mass is 35.5. The maximum absolute atomic E-state index is 9.41. The summed E-state index contributed by atoms with van der Waals surface area (Å²) in [5.74, 6) is 0.693.